The number of aromatic nitrogens is 2. The van der Waals surface area contributed by atoms with Crippen LogP contribution in [0.15, 0.2) is 36.4 Å². The molecule has 1 aromatic carbocycles. The Morgan fingerprint density at radius 1 is 1.00 bits per heavy atom. The van der Waals surface area contributed by atoms with Gasteiger partial charge in [0.05, 0.1) is 12.8 Å². The maximum atomic E-state index is 4.96. The number of ether oxygens (including phenoxy) is 1. The molecule has 0 fully saturated rings. The summed E-state index contributed by atoms with van der Waals surface area (Å²) < 4.78 is 4.96. The summed E-state index contributed by atoms with van der Waals surface area (Å²) >= 11 is 0. The van der Waals surface area contributed by atoms with Crippen molar-refractivity contribution < 1.29 is 4.74 Å². The van der Waals surface area contributed by atoms with Crippen molar-refractivity contribution in [1.29, 1.82) is 0 Å². The minimum Gasteiger partial charge on any atom is -0.480 e. The number of rotatable bonds is 2. The van der Waals surface area contributed by atoms with Crippen molar-refractivity contribution >= 4 is 0 Å². The Bertz CT molecular complexity index is 548. The molecule has 1 heterocycles. The van der Waals surface area contributed by atoms with Crippen molar-refractivity contribution in [2.75, 3.05) is 7.11 Å². The molecule has 2 rings (SSSR count). The Balaban J connectivity index is 2.28. The first-order chi connectivity index (χ1) is 8.33. The zero-order valence-corrected chi connectivity index (χ0v) is 9.77. The smallest absolute Gasteiger partial charge is 0.233 e. The molecule has 0 amide bonds. The zero-order chi connectivity index (χ0) is 12.1. The van der Waals surface area contributed by atoms with Gasteiger partial charge >= 0.3 is 0 Å². The summed E-state index contributed by atoms with van der Waals surface area (Å²) in [5.41, 5.74) is 2.83. The van der Waals surface area contributed by atoms with Gasteiger partial charge in [-0.25, -0.2) is 0 Å². The summed E-state index contributed by atoms with van der Waals surface area (Å²) in [4.78, 5) is 0. The van der Waals surface area contributed by atoms with Crippen LogP contribution in [-0.4, -0.2) is 17.3 Å². The topological polar surface area (TPSA) is 35.0 Å². The van der Waals surface area contributed by atoms with Crippen LogP contribution in [0, 0.1) is 11.8 Å². The van der Waals surface area contributed by atoms with Crippen LogP contribution in [0.25, 0.3) is 11.3 Å². The van der Waals surface area contributed by atoms with E-state index in [4.69, 9.17) is 4.74 Å². The van der Waals surface area contributed by atoms with Crippen molar-refractivity contribution in [2.24, 2.45) is 0 Å². The average molecular weight is 224 g/mol. The van der Waals surface area contributed by atoms with Crippen molar-refractivity contribution in [3.63, 3.8) is 0 Å². The Hall–Kier alpha value is -2.34. The van der Waals surface area contributed by atoms with E-state index in [9.17, 15) is 0 Å². The fourth-order valence-electron chi connectivity index (χ4n) is 1.45. The fraction of sp³-hybridized carbons (Fsp3) is 0.143. The predicted octanol–water partition coefficient (Wildman–Crippen LogP) is 2.52. The minimum atomic E-state index is 0.516. The molecule has 0 unspecified atom stereocenters. The van der Waals surface area contributed by atoms with Gasteiger partial charge in [-0.3, -0.25) is 0 Å². The third-order valence-electron chi connectivity index (χ3n) is 2.30. The molecule has 3 heteroatoms. The van der Waals surface area contributed by atoms with Crippen LogP contribution in [-0.2, 0) is 0 Å². The van der Waals surface area contributed by atoms with Gasteiger partial charge < -0.3 is 4.74 Å². The predicted molar refractivity (Wildman–Crippen MR) is 66.6 cm³/mol. The molecule has 0 spiro atoms. The number of hydrogen-bond donors (Lipinski definition) is 0. The maximum absolute atomic E-state index is 4.96. The van der Waals surface area contributed by atoms with E-state index < -0.39 is 0 Å². The van der Waals surface area contributed by atoms with Crippen LogP contribution < -0.4 is 4.74 Å². The van der Waals surface area contributed by atoms with E-state index in [0.717, 1.165) is 16.8 Å². The summed E-state index contributed by atoms with van der Waals surface area (Å²) in [6.45, 7) is 1.82. The van der Waals surface area contributed by atoms with E-state index in [-0.39, 0.29) is 0 Å². The quantitative estimate of drug-likeness (QED) is 0.735. The Kier molecular flexibility index (Phi) is 3.37. The standard InChI is InChI=1S/C14H12N2O/c1-3-4-11-5-7-12(8-6-11)13-9-10-14(17-2)16-15-13/h5-10H,1-2H3. The minimum absolute atomic E-state index is 0.516. The maximum Gasteiger partial charge on any atom is 0.233 e. The molecule has 0 aliphatic carbocycles. The lowest BCUT2D eigenvalue weighted by atomic mass is 10.1. The van der Waals surface area contributed by atoms with Gasteiger partial charge in [-0.15, -0.1) is 16.1 Å². The molecule has 84 valence electrons. The molecule has 0 saturated carbocycles. The van der Waals surface area contributed by atoms with E-state index >= 15 is 0 Å². The Labute approximate surface area is 100 Å². The summed E-state index contributed by atoms with van der Waals surface area (Å²) in [6, 6.07) is 11.6. The lowest BCUT2D eigenvalue weighted by molar-refractivity contribution is 0.392. The van der Waals surface area contributed by atoms with E-state index in [2.05, 4.69) is 22.0 Å². The highest BCUT2D eigenvalue weighted by Gasteiger charge is 2.00. The zero-order valence-electron chi connectivity index (χ0n) is 9.77. The second-order valence-electron chi connectivity index (χ2n) is 3.41. The normalized spacial score (nSPS) is 9.29. The van der Waals surface area contributed by atoms with E-state index in [1.54, 1.807) is 13.2 Å². The number of methoxy groups -OCH3 is 1. The van der Waals surface area contributed by atoms with Crippen molar-refractivity contribution in [3.05, 3.63) is 42.0 Å². The van der Waals surface area contributed by atoms with E-state index in [1.165, 1.54) is 0 Å². The van der Waals surface area contributed by atoms with Gasteiger partial charge in [-0.05, 0) is 25.1 Å². The molecule has 0 saturated heterocycles. The molecular formula is C14H12N2O. The number of hydrogen-bond acceptors (Lipinski definition) is 3. The first-order valence-corrected chi connectivity index (χ1v) is 5.24. The first-order valence-electron chi connectivity index (χ1n) is 5.24. The van der Waals surface area contributed by atoms with Gasteiger partial charge in [0.1, 0.15) is 0 Å². The van der Waals surface area contributed by atoms with Gasteiger partial charge in [-0.2, -0.15) is 0 Å². The summed E-state index contributed by atoms with van der Waals surface area (Å²) in [5.74, 6) is 6.38. The summed E-state index contributed by atoms with van der Waals surface area (Å²) in [5, 5.41) is 8.02. The SMILES string of the molecule is CC#Cc1ccc(-c2ccc(OC)nn2)cc1. The van der Waals surface area contributed by atoms with E-state index in [1.807, 2.05) is 37.3 Å². The molecule has 3 nitrogen and oxygen atoms in total. The fourth-order valence-corrected chi connectivity index (χ4v) is 1.45. The second kappa shape index (κ2) is 5.13. The first kappa shape index (κ1) is 11.2. The third kappa shape index (κ3) is 2.61. The lowest BCUT2D eigenvalue weighted by Crippen LogP contribution is -1.91. The van der Waals surface area contributed by atoms with E-state index in [0.29, 0.717) is 5.88 Å². The van der Waals surface area contributed by atoms with Crippen LogP contribution in [0.5, 0.6) is 5.88 Å². The van der Waals surface area contributed by atoms with Crippen LogP contribution in [0.1, 0.15) is 12.5 Å². The number of benzene rings is 1. The van der Waals surface area contributed by atoms with Crippen LogP contribution in [0.3, 0.4) is 0 Å². The van der Waals surface area contributed by atoms with Crippen LogP contribution in [0.4, 0.5) is 0 Å². The molecule has 0 aliphatic heterocycles. The molecule has 0 aliphatic rings. The van der Waals surface area contributed by atoms with Crippen molar-refractivity contribution in [1.82, 2.24) is 10.2 Å². The highest BCUT2D eigenvalue weighted by Crippen LogP contribution is 2.17. The lowest BCUT2D eigenvalue weighted by Gasteiger charge is -2.01. The van der Waals surface area contributed by atoms with Crippen molar-refractivity contribution in [2.45, 2.75) is 6.92 Å². The van der Waals surface area contributed by atoms with Crippen LogP contribution in [0.2, 0.25) is 0 Å². The highest BCUT2D eigenvalue weighted by atomic mass is 16.5. The molecule has 0 N–H and O–H groups in total. The van der Waals surface area contributed by atoms with Gasteiger partial charge in [0.15, 0.2) is 0 Å². The number of nitrogens with zero attached hydrogens (tertiary/aromatic N) is 2. The molecule has 1 aromatic heterocycles. The van der Waals surface area contributed by atoms with Crippen molar-refractivity contribution in [3.8, 4) is 29.0 Å². The monoisotopic (exact) mass is 224 g/mol. The molecule has 2 aromatic rings. The Morgan fingerprint density at radius 3 is 2.29 bits per heavy atom. The van der Waals surface area contributed by atoms with Crippen LogP contribution >= 0.6 is 0 Å². The molecule has 0 bridgehead atoms. The third-order valence-corrected chi connectivity index (χ3v) is 2.30. The molecule has 0 radical (unpaired) electrons. The molecule has 0 atom stereocenters. The summed E-state index contributed by atoms with van der Waals surface area (Å²) in [6.07, 6.45) is 0. The van der Waals surface area contributed by atoms with Gasteiger partial charge in [0.25, 0.3) is 0 Å². The molecular weight excluding hydrogens is 212 g/mol. The Morgan fingerprint density at radius 2 is 1.76 bits per heavy atom. The average Bonchev–Trinajstić information content (AvgIpc) is 2.40. The van der Waals surface area contributed by atoms with Gasteiger partial charge in [0, 0.05) is 17.2 Å². The molecule has 17 heavy (non-hydrogen) atoms. The van der Waals surface area contributed by atoms with Gasteiger partial charge in [-0.1, -0.05) is 18.1 Å². The largest absolute Gasteiger partial charge is 0.480 e. The second-order valence-corrected chi connectivity index (χ2v) is 3.41. The highest BCUT2D eigenvalue weighted by molar-refractivity contribution is 5.60. The van der Waals surface area contributed by atoms with Gasteiger partial charge in [0.2, 0.25) is 5.88 Å². The summed E-state index contributed by atoms with van der Waals surface area (Å²) in [7, 11) is 1.57.